The molecule has 0 radical (unpaired) electrons. The third-order valence-corrected chi connectivity index (χ3v) is 1.43. The average molecular weight is 163 g/mol. The molecule has 12 heavy (non-hydrogen) atoms. The second-order valence-electron chi connectivity index (χ2n) is 2.19. The molecule has 0 aliphatic carbocycles. The number of aromatic nitrogens is 4. The van der Waals surface area contributed by atoms with Crippen molar-refractivity contribution in [3.63, 3.8) is 0 Å². The summed E-state index contributed by atoms with van der Waals surface area (Å²) >= 11 is 0. The molecular weight excluding hydrogens is 158 g/mol. The van der Waals surface area contributed by atoms with Crippen molar-refractivity contribution >= 4 is 17.2 Å². The third-order valence-electron chi connectivity index (χ3n) is 1.43. The van der Waals surface area contributed by atoms with Crippen molar-refractivity contribution in [3.8, 4) is 0 Å². The third kappa shape index (κ3) is 0.815. The Bertz CT molecular complexity index is 434. The highest BCUT2D eigenvalue weighted by Crippen LogP contribution is 2.04. The zero-order valence-electron chi connectivity index (χ0n) is 6.01. The molecule has 60 valence electrons. The van der Waals surface area contributed by atoms with Crippen LogP contribution in [0.1, 0.15) is 0 Å². The van der Waals surface area contributed by atoms with Gasteiger partial charge in [0.25, 0.3) is 0 Å². The Balaban J connectivity index is 2.79. The summed E-state index contributed by atoms with van der Waals surface area (Å²) in [6, 6.07) is 2.70. The highest BCUT2D eigenvalue weighted by molar-refractivity contribution is 5.84. The van der Waals surface area contributed by atoms with E-state index in [1.54, 1.807) is 18.3 Å². The van der Waals surface area contributed by atoms with Gasteiger partial charge in [0.05, 0.1) is 0 Å². The molecule has 1 amide bonds. The molecule has 0 atom stereocenters. The Morgan fingerprint density at radius 1 is 1.58 bits per heavy atom. The fraction of sp³-hybridized carbons (Fsp3) is 0. The van der Waals surface area contributed by atoms with Gasteiger partial charge in [0.2, 0.25) is 5.65 Å². The predicted octanol–water partition coefficient (Wildman–Crippen LogP) is -0.247. The van der Waals surface area contributed by atoms with Crippen LogP contribution >= 0.6 is 0 Å². The molecule has 0 aromatic carbocycles. The van der Waals surface area contributed by atoms with E-state index in [1.807, 2.05) is 0 Å². The van der Waals surface area contributed by atoms with Crippen molar-refractivity contribution in [2.45, 2.75) is 0 Å². The number of amides is 1. The Hall–Kier alpha value is -1.98. The Morgan fingerprint density at radius 3 is 3.17 bits per heavy atom. The highest BCUT2D eigenvalue weighted by atomic mass is 16.2. The molecule has 0 spiro atoms. The second-order valence-corrected chi connectivity index (χ2v) is 2.19. The fourth-order valence-electron chi connectivity index (χ4n) is 0.929. The van der Waals surface area contributed by atoms with E-state index in [1.165, 1.54) is 0 Å². The van der Waals surface area contributed by atoms with Crippen LogP contribution in [0.25, 0.3) is 11.2 Å². The Morgan fingerprint density at radius 2 is 2.42 bits per heavy atom. The lowest BCUT2D eigenvalue weighted by molar-refractivity contribution is 0.248. The van der Waals surface area contributed by atoms with Gasteiger partial charge in [-0.15, -0.1) is 5.10 Å². The van der Waals surface area contributed by atoms with Crippen molar-refractivity contribution in [2.75, 3.05) is 0 Å². The van der Waals surface area contributed by atoms with E-state index in [0.29, 0.717) is 11.2 Å². The molecule has 2 aromatic heterocycles. The largest absolute Gasteiger partial charge is 0.350 e. The number of hydrogen-bond donors (Lipinski definition) is 1. The first-order valence-corrected chi connectivity index (χ1v) is 3.25. The van der Waals surface area contributed by atoms with E-state index >= 15 is 0 Å². The van der Waals surface area contributed by atoms with Gasteiger partial charge in [0, 0.05) is 6.20 Å². The molecule has 0 saturated carbocycles. The molecule has 2 rings (SSSR count). The number of carbonyl (C=O) groups is 1. The average Bonchev–Trinajstić information content (AvgIpc) is 2.47. The van der Waals surface area contributed by atoms with E-state index in [0.717, 1.165) is 4.68 Å². The normalized spacial score (nSPS) is 10.3. The number of fused-ring (bicyclic) bond motifs is 1. The van der Waals surface area contributed by atoms with Gasteiger partial charge in [-0.05, 0) is 12.1 Å². The van der Waals surface area contributed by atoms with Crippen molar-refractivity contribution in [3.05, 3.63) is 18.3 Å². The maximum Gasteiger partial charge on any atom is 0.341 e. The summed E-state index contributed by atoms with van der Waals surface area (Å²) in [6.07, 6.45) is 1.57. The summed E-state index contributed by atoms with van der Waals surface area (Å²) in [6.45, 7) is 0. The Kier molecular flexibility index (Phi) is 1.26. The van der Waals surface area contributed by atoms with E-state index in [2.05, 4.69) is 15.3 Å². The minimum atomic E-state index is -0.662. The number of rotatable bonds is 0. The lowest BCUT2D eigenvalue weighted by Crippen LogP contribution is -2.20. The van der Waals surface area contributed by atoms with Gasteiger partial charge in [-0.25, -0.2) is 9.78 Å². The predicted molar refractivity (Wildman–Crippen MR) is 40.3 cm³/mol. The van der Waals surface area contributed by atoms with Crippen molar-refractivity contribution in [1.29, 1.82) is 0 Å². The van der Waals surface area contributed by atoms with E-state index < -0.39 is 6.03 Å². The number of hydrogen-bond acceptors (Lipinski definition) is 4. The van der Waals surface area contributed by atoms with Crippen LogP contribution in [0.2, 0.25) is 0 Å². The van der Waals surface area contributed by atoms with Crippen molar-refractivity contribution in [1.82, 2.24) is 20.0 Å². The zero-order chi connectivity index (χ0) is 8.55. The first-order valence-electron chi connectivity index (χ1n) is 3.25. The van der Waals surface area contributed by atoms with Gasteiger partial charge >= 0.3 is 6.03 Å². The van der Waals surface area contributed by atoms with Crippen molar-refractivity contribution in [2.24, 2.45) is 5.73 Å². The number of primary amides is 1. The fourth-order valence-corrected chi connectivity index (χ4v) is 0.929. The second kappa shape index (κ2) is 2.26. The van der Waals surface area contributed by atoms with Crippen LogP contribution in [0.3, 0.4) is 0 Å². The summed E-state index contributed by atoms with van der Waals surface area (Å²) in [5.74, 6) is 0. The monoisotopic (exact) mass is 163 g/mol. The van der Waals surface area contributed by atoms with E-state index in [9.17, 15) is 4.79 Å². The van der Waals surface area contributed by atoms with Gasteiger partial charge in [-0.1, -0.05) is 5.21 Å². The SMILES string of the molecule is NC(=O)n1nnc2ncccc21. The maximum absolute atomic E-state index is 10.7. The molecule has 2 heterocycles. The van der Waals surface area contributed by atoms with Gasteiger partial charge in [-0.2, -0.15) is 4.68 Å². The van der Waals surface area contributed by atoms with Crippen LogP contribution in [0.15, 0.2) is 18.3 Å². The number of nitrogens with zero attached hydrogens (tertiary/aromatic N) is 4. The van der Waals surface area contributed by atoms with Gasteiger partial charge in [0.15, 0.2) is 0 Å². The minimum absolute atomic E-state index is 0.413. The quantitative estimate of drug-likeness (QED) is 0.580. The lowest BCUT2D eigenvalue weighted by atomic mass is 10.4. The van der Waals surface area contributed by atoms with Crippen LogP contribution in [-0.4, -0.2) is 26.0 Å². The smallest absolute Gasteiger partial charge is 0.341 e. The first kappa shape index (κ1) is 6.71. The molecule has 0 unspecified atom stereocenters. The molecule has 0 saturated heterocycles. The zero-order valence-corrected chi connectivity index (χ0v) is 6.01. The molecule has 0 aliphatic heterocycles. The van der Waals surface area contributed by atoms with Crippen LogP contribution in [0.4, 0.5) is 4.79 Å². The molecule has 6 heteroatoms. The summed E-state index contributed by atoms with van der Waals surface area (Å²) < 4.78 is 1.00. The maximum atomic E-state index is 10.7. The summed E-state index contributed by atoms with van der Waals surface area (Å²) in [5.41, 5.74) is 5.95. The van der Waals surface area contributed by atoms with Crippen LogP contribution in [0.5, 0.6) is 0 Å². The molecule has 6 nitrogen and oxygen atoms in total. The number of carbonyl (C=O) groups excluding carboxylic acids is 1. The van der Waals surface area contributed by atoms with Gasteiger partial charge < -0.3 is 5.73 Å². The standard InChI is InChI=1S/C6H5N5O/c7-6(12)11-4-2-1-3-8-5(4)9-10-11/h1-3H,(H2,7,12). The van der Waals surface area contributed by atoms with Crippen LogP contribution < -0.4 is 5.73 Å². The van der Waals surface area contributed by atoms with Crippen LogP contribution in [0, 0.1) is 0 Å². The molecular formula is C6H5N5O. The topological polar surface area (TPSA) is 86.7 Å². The minimum Gasteiger partial charge on any atom is -0.350 e. The molecule has 2 aromatic rings. The summed E-state index contributed by atoms with van der Waals surface area (Å²) in [5, 5.41) is 7.17. The molecule has 0 bridgehead atoms. The van der Waals surface area contributed by atoms with E-state index in [4.69, 9.17) is 5.73 Å². The Labute approximate surface area is 67.0 Å². The van der Waals surface area contributed by atoms with Crippen molar-refractivity contribution < 1.29 is 4.79 Å². The number of nitrogens with two attached hydrogens (primary N) is 1. The number of pyridine rings is 1. The highest BCUT2D eigenvalue weighted by Gasteiger charge is 2.07. The molecule has 2 N–H and O–H groups in total. The van der Waals surface area contributed by atoms with E-state index in [-0.39, 0.29) is 0 Å². The molecule has 0 fully saturated rings. The molecule has 0 aliphatic rings. The van der Waals surface area contributed by atoms with Gasteiger partial charge in [0.1, 0.15) is 5.52 Å². The first-order chi connectivity index (χ1) is 5.79. The summed E-state index contributed by atoms with van der Waals surface area (Å²) in [7, 11) is 0. The van der Waals surface area contributed by atoms with Gasteiger partial charge in [-0.3, -0.25) is 0 Å². The van der Waals surface area contributed by atoms with Crippen LogP contribution in [-0.2, 0) is 0 Å². The lowest BCUT2D eigenvalue weighted by Gasteiger charge is -1.91. The summed E-state index contributed by atoms with van der Waals surface area (Å²) in [4.78, 5) is 14.6.